The Morgan fingerprint density at radius 3 is 2.93 bits per heavy atom. The first-order chi connectivity index (χ1) is 13.9. The summed E-state index contributed by atoms with van der Waals surface area (Å²) in [5, 5.41) is 11.5. The van der Waals surface area contributed by atoms with Gasteiger partial charge in [0, 0.05) is 25.9 Å². The van der Waals surface area contributed by atoms with Gasteiger partial charge in [-0.05, 0) is 38.5 Å². The number of carbonyl (C=O) groups is 1. The van der Waals surface area contributed by atoms with Gasteiger partial charge in [0.15, 0.2) is 0 Å². The van der Waals surface area contributed by atoms with Crippen LogP contribution in [0.1, 0.15) is 30.6 Å². The standard InChI is InChI=1S/C21H25N5O3/c1-4-9-23-20(27)15-13-16-19(24-17-8-5-6-10-25(17)21(16)28)26(18(15)22)11-7-12-29-14(2)3/h4-6,8,10,13-14,22H,1,7,9,11-12H2,2-3H3,(H,23,27). The SMILES string of the molecule is C=CCNC(=O)c1cc2c(=O)n3ccccc3nc2n(CCCOC(C)C)c1=N. The molecule has 0 unspecified atom stereocenters. The van der Waals surface area contributed by atoms with Crippen LogP contribution in [0, 0.1) is 5.41 Å². The molecule has 0 saturated carbocycles. The van der Waals surface area contributed by atoms with Crippen LogP contribution in [0.5, 0.6) is 0 Å². The number of nitrogens with zero attached hydrogens (tertiary/aromatic N) is 3. The van der Waals surface area contributed by atoms with E-state index >= 15 is 0 Å². The number of rotatable bonds is 8. The fourth-order valence-electron chi connectivity index (χ4n) is 3.08. The molecule has 0 saturated heterocycles. The Labute approximate surface area is 168 Å². The van der Waals surface area contributed by atoms with E-state index in [0.29, 0.717) is 36.3 Å². The fraction of sp³-hybridized carbons (Fsp3) is 0.333. The minimum Gasteiger partial charge on any atom is -0.379 e. The van der Waals surface area contributed by atoms with Gasteiger partial charge in [-0.25, -0.2) is 4.98 Å². The van der Waals surface area contributed by atoms with E-state index in [0.717, 1.165) is 0 Å². The van der Waals surface area contributed by atoms with Crippen molar-refractivity contribution in [3.8, 4) is 0 Å². The quantitative estimate of drug-likeness (QED) is 0.345. The van der Waals surface area contributed by atoms with E-state index in [2.05, 4.69) is 16.9 Å². The molecule has 0 aliphatic carbocycles. The summed E-state index contributed by atoms with van der Waals surface area (Å²) in [6.45, 7) is 8.68. The van der Waals surface area contributed by atoms with Crippen LogP contribution in [0.2, 0.25) is 0 Å². The lowest BCUT2D eigenvalue weighted by molar-refractivity contribution is 0.0748. The van der Waals surface area contributed by atoms with E-state index in [-0.39, 0.29) is 29.3 Å². The molecule has 0 spiro atoms. The zero-order chi connectivity index (χ0) is 21.0. The highest BCUT2D eigenvalue weighted by molar-refractivity contribution is 5.96. The van der Waals surface area contributed by atoms with E-state index in [4.69, 9.17) is 10.1 Å². The maximum Gasteiger partial charge on any atom is 0.267 e. The predicted octanol–water partition coefficient (Wildman–Crippen LogP) is 1.86. The van der Waals surface area contributed by atoms with E-state index in [9.17, 15) is 9.59 Å². The highest BCUT2D eigenvalue weighted by Gasteiger charge is 2.17. The van der Waals surface area contributed by atoms with Gasteiger partial charge in [0.2, 0.25) is 0 Å². The van der Waals surface area contributed by atoms with Crippen molar-refractivity contribution >= 4 is 22.6 Å². The highest BCUT2D eigenvalue weighted by atomic mass is 16.5. The van der Waals surface area contributed by atoms with Gasteiger partial charge in [-0.15, -0.1) is 6.58 Å². The molecule has 152 valence electrons. The van der Waals surface area contributed by atoms with Gasteiger partial charge in [0.05, 0.1) is 17.1 Å². The molecule has 0 aromatic carbocycles. The predicted molar refractivity (Wildman–Crippen MR) is 111 cm³/mol. The molecule has 3 rings (SSSR count). The Morgan fingerprint density at radius 1 is 1.41 bits per heavy atom. The molecule has 8 heteroatoms. The molecule has 1 amide bonds. The Balaban J connectivity index is 2.18. The Bertz CT molecular complexity index is 1180. The monoisotopic (exact) mass is 395 g/mol. The van der Waals surface area contributed by atoms with Crippen molar-refractivity contribution in [2.24, 2.45) is 0 Å². The second-order valence-electron chi connectivity index (χ2n) is 6.91. The van der Waals surface area contributed by atoms with Gasteiger partial charge >= 0.3 is 0 Å². The lowest BCUT2D eigenvalue weighted by atomic mass is 10.2. The second-order valence-corrected chi connectivity index (χ2v) is 6.91. The van der Waals surface area contributed by atoms with E-state index in [1.54, 1.807) is 35.0 Å². The summed E-state index contributed by atoms with van der Waals surface area (Å²) in [5.41, 5.74) is 0.724. The minimum atomic E-state index is -0.429. The summed E-state index contributed by atoms with van der Waals surface area (Å²) in [7, 11) is 0. The third-order valence-corrected chi connectivity index (χ3v) is 4.45. The van der Waals surface area contributed by atoms with Crippen LogP contribution < -0.4 is 16.4 Å². The van der Waals surface area contributed by atoms with Crippen LogP contribution in [-0.2, 0) is 11.3 Å². The van der Waals surface area contributed by atoms with Crippen molar-refractivity contribution in [1.29, 1.82) is 5.41 Å². The first kappa shape index (κ1) is 20.5. The summed E-state index contributed by atoms with van der Waals surface area (Å²) in [5.74, 6) is -0.429. The number of carbonyl (C=O) groups excluding carboxylic acids is 1. The first-order valence-electron chi connectivity index (χ1n) is 9.54. The molecular weight excluding hydrogens is 370 g/mol. The zero-order valence-electron chi connectivity index (χ0n) is 16.6. The largest absolute Gasteiger partial charge is 0.379 e. The van der Waals surface area contributed by atoms with Crippen LogP contribution in [0.4, 0.5) is 0 Å². The van der Waals surface area contributed by atoms with Gasteiger partial charge in [-0.3, -0.25) is 19.4 Å². The average Bonchev–Trinajstić information content (AvgIpc) is 2.70. The van der Waals surface area contributed by atoms with Crippen LogP contribution >= 0.6 is 0 Å². The molecule has 29 heavy (non-hydrogen) atoms. The van der Waals surface area contributed by atoms with Crippen LogP contribution in [0.25, 0.3) is 16.7 Å². The number of fused-ring (bicyclic) bond motifs is 2. The number of aromatic nitrogens is 3. The van der Waals surface area contributed by atoms with Crippen molar-refractivity contribution < 1.29 is 9.53 Å². The van der Waals surface area contributed by atoms with Crippen molar-refractivity contribution in [2.45, 2.75) is 32.9 Å². The third-order valence-electron chi connectivity index (χ3n) is 4.45. The summed E-state index contributed by atoms with van der Waals surface area (Å²) < 4.78 is 8.63. The average molecular weight is 395 g/mol. The molecule has 3 aromatic heterocycles. The van der Waals surface area contributed by atoms with E-state index in [1.165, 1.54) is 10.5 Å². The number of amides is 1. The summed E-state index contributed by atoms with van der Waals surface area (Å²) in [6.07, 6.45) is 3.92. The van der Waals surface area contributed by atoms with Gasteiger partial charge in [0.25, 0.3) is 11.5 Å². The Morgan fingerprint density at radius 2 is 2.21 bits per heavy atom. The topological polar surface area (TPSA) is 101 Å². The van der Waals surface area contributed by atoms with E-state index in [1.807, 2.05) is 13.8 Å². The van der Waals surface area contributed by atoms with E-state index < -0.39 is 5.91 Å². The number of nitrogens with one attached hydrogen (secondary N) is 2. The molecule has 3 heterocycles. The Kier molecular flexibility index (Phi) is 6.23. The summed E-state index contributed by atoms with van der Waals surface area (Å²) >= 11 is 0. The highest BCUT2D eigenvalue weighted by Crippen LogP contribution is 2.11. The molecule has 3 aromatic rings. The van der Waals surface area contributed by atoms with Crippen molar-refractivity contribution in [1.82, 2.24) is 19.3 Å². The molecule has 0 bridgehead atoms. The molecule has 8 nitrogen and oxygen atoms in total. The lowest BCUT2D eigenvalue weighted by Crippen LogP contribution is -2.35. The number of hydrogen-bond donors (Lipinski definition) is 2. The van der Waals surface area contributed by atoms with Crippen LogP contribution in [-0.4, -0.2) is 39.1 Å². The molecule has 0 fully saturated rings. The van der Waals surface area contributed by atoms with Gasteiger partial charge in [-0.2, -0.15) is 0 Å². The van der Waals surface area contributed by atoms with Crippen molar-refractivity contribution in [3.63, 3.8) is 0 Å². The maximum absolute atomic E-state index is 13.0. The maximum atomic E-state index is 13.0. The summed E-state index contributed by atoms with van der Waals surface area (Å²) in [6, 6.07) is 6.73. The number of hydrogen-bond acceptors (Lipinski definition) is 5. The molecule has 0 atom stereocenters. The van der Waals surface area contributed by atoms with Crippen molar-refractivity contribution in [2.75, 3.05) is 13.2 Å². The molecule has 2 N–H and O–H groups in total. The third kappa shape index (κ3) is 4.27. The molecular formula is C21H25N5O3. The fourth-order valence-corrected chi connectivity index (χ4v) is 3.08. The van der Waals surface area contributed by atoms with Gasteiger partial charge < -0.3 is 14.6 Å². The Hall–Kier alpha value is -3.26. The lowest BCUT2D eigenvalue weighted by Gasteiger charge is -2.15. The number of ether oxygens (including phenoxy) is 1. The van der Waals surface area contributed by atoms with Crippen LogP contribution in [0.3, 0.4) is 0 Å². The molecule has 0 aliphatic rings. The number of pyridine rings is 2. The second kappa shape index (κ2) is 8.83. The summed E-state index contributed by atoms with van der Waals surface area (Å²) in [4.78, 5) is 30.2. The minimum absolute atomic E-state index is 0.00999. The smallest absolute Gasteiger partial charge is 0.267 e. The van der Waals surface area contributed by atoms with Gasteiger partial charge in [0.1, 0.15) is 16.8 Å². The van der Waals surface area contributed by atoms with Gasteiger partial charge in [-0.1, -0.05) is 12.1 Å². The van der Waals surface area contributed by atoms with Crippen LogP contribution in [0.15, 0.2) is 47.9 Å². The number of aryl methyl sites for hydroxylation is 1. The molecule has 0 aliphatic heterocycles. The normalized spacial score (nSPS) is 11.3. The zero-order valence-corrected chi connectivity index (χ0v) is 16.6. The van der Waals surface area contributed by atoms with Crippen molar-refractivity contribution in [3.05, 3.63) is 64.5 Å². The first-order valence-corrected chi connectivity index (χ1v) is 9.54. The molecule has 0 radical (unpaired) electrons.